The number of pyridine rings is 1. The lowest BCUT2D eigenvalue weighted by atomic mass is 10.2. The van der Waals surface area contributed by atoms with Crippen LogP contribution in [0.15, 0.2) is 23.4 Å². The molecular formula is C13H13N3O3S2. The Morgan fingerprint density at radius 2 is 2.33 bits per heavy atom. The minimum absolute atomic E-state index is 0.00735. The Balaban J connectivity index is 2.11. The topological polar surface area (TPSA) is 96.5 Å². The molecule has 1 aliphatic rings. The first-order valence-electron chi connectivity index (χ1n) is 6.15. The van der Waals surface area contributed by atoms with E-state index in [1.165, 1.54) is 22.9 Å². The van der Waals surface area contributed by atoms with Crippen molar-refractivity contribution in [2.75, 3.05) is 12.3 Å². The number of carbonyl (C=O) groups excluding carboxylic acids is 1. The first-order valence-corrected chi connectivity index (χ1v) is 7.38. The van der Waals surface area contributed by atoms with E-state index < -0.39 is 5.97 Å². The van der Waals surface area contributed by atoms with Crippen LogP contribution in [0, 0.1) is 0 Å². The molecule has 0 spiro atoms. The zero-order valence-electron chi connectivity index (χ0n) is 11.0. The number of carboxylic acid groups (broad SMARTS) is 1. The zero-order chi connectivity index (χ0) is 15.4. The molecule has 2 heterocycles. The van der Waals surface area contributed by atoms with Crippen LogP contribution in [-0.2, 0) is 9.59 Å². The maximum Gasteiger partial charge on any atom is 0.303 e. The molecule has 1 saturated heterocycles. The minimum Gasteiger partial charge on any atom is -0.481 e. The largest absolute Gasteiger partial charge is 0.481 e. The molecule has 0 bridgehead atoms. The van der Waals surface area contributed by atoms with E-state index in [-0.39, 0.29) is 12.3 Å². The van der Waals surface area contributed by atoms with Crippen LogP contribution in [0.2, 0.25) is 0 Å². The zero-order valence-corrected chi connectivity index (χ0v) is 12.6. The Hall–Kier alpha value is -1.93. The summed E-state index contributed by atoms with van der Waals surface area (Å²) in [6.07, 6.45) is 5.16. The first kappa shape index (κ1) is 15.5. The molecule has 110 valence electrons. The van der Waals surface area contributed by atoms with Crippen LogP contribution < -0.4 is 5.73 Å². The minimum atomic E-state index is -0.888. The number of carbonyl (C=O) groups is 2. The van der Waals surface area contributed by atoms with Crippen molar-refractivity contribution < 1.29 is 14.7 Å². The van der Waals surface area contributed by atoms with Gasteiger partial charge in [-0.3, -0.25) is 19.5 Å². The van der Waals surface area contributed by atoms with Gasteiger partial charge in [0.05, 0.1) is 16.8 Å². The number of amides is 1. The number of nitrogen functional groups attached to an aromatic ring is 1. The Labute approximate surface area is 131 Å². The highest BCUT2D eigenvalue weighted by atomic mass is 32.2. The molecule has 21 heavy (non-hydrogen) atoms. The van der Waals surface area contributed by atoms with Gasteiger partial charge in [0, 0.05) is 24.7 Å². The molecule has 8 heteroatoms. The molecule has 0 aromatic carbocycles. The molecule has 6 nitrogen and oxygen atoms in total. The number of nitrogens with zero attached hydrogens (tertiary/aromatic N) is 2. The van der Waals surface area contributed by atoms with E-state index >= 15 is 0 Å². The molecule has 1 fully saturated rings. The third kappa shape index (κ3) is 3.79. The van der Waals surface area contributed by atoms with Crippen molar-refractivity contribution in [2.45, 2.75) is 12.8 Å². The fourth-order valence-electron chi connectivity index (χ4n) is 1.77. The molecule has 0 radical (unpaired) electrons. The average molecular weight is 323 g/mol. The number of hydrogen-bond acceptors (Lipinski definition) is 6. The van der Waals surface area contributed by atoms with Gasteiger partial charge in [0.15, 0.2) is 0 Å². The number of hydrogen-bond donors (Lipinski definition) is 2. The van der Waals surface area contributed by atoms with Gasteiger partial charge in [-0.1, -0.05) is 24.0 Å². The second-order valence-corrected chi connectivity index (χ2v) is 6.01. The fraction of sp³-hybridized carbons (Fsp3) is 0.231. The van der Waals surface area contributed by atoms with Crippen molar-refractivity contribution in [1.29, 1.82) is 0 Å². The van der Waals surface area contributed by atoms with E-state index in [9.17, 15) is 9.59 Å². The molecule has 0 saturated carbocycles. The molecule has 1 aliphatic heterocycles. The average Bonchev–Trinajstić information content (AvgIpc) is 2.68. The molecular weight excluding hydrogens is 310 g/mol. The number of aliphatic carboxylic acids is 1. The maximum atomic E-state index is 12.3. The van der Waals surface area contributed by atoms with E-state index in [2.05, 4.69) is 4.98 Å². The smallest absolute Gasteiger partial charge is 0.303 e. The molecule has 0 unspecified atom stereocenters. The molecule has 1 aromatic rings. The van der Waals surface area contributed by atoms with Crippen LogP contribution >= 0.6 is 24.0 Å². The Morgan fingerprint density at radius 3 is 3.00 bits per heavy atom. The lowest BCUT2D eigenvalue weighted by molar-refractivity contribution is -0.137. The van der Waals surface area contributed by atoms with Gasteiger partial charge in [-0.05, 0) is 18.6 Å². The predicted molar refractivity (Wildman–Crippen MR) is 85.4 cm³/mol. The van der Waals surface area contributed by atoms with Gasteiger partial charge in [-0.15, -0.1) is 0 Å². The number of thioether (sulfide) groups is 1. The van der Waals surface area contributed by atoms with Crippen molar-refractivity contribution in [1.82, 2.24) is 9.88 Å². The highest BCUT2D eigenvalue weighted by Gasteiger charge is 2.31. The third-order valence-electron chi connectivity index (χ3n) is 2.82. The summed E-state index contributed by atoms with van der Waals surface area (Å²) in [5, 5.41) is 8.62. The Kier molecular flexibility index (Phi) is 4.92. The van der Waals surface area contributed by atoms with Gasteiger partial charge in [-0.25, -0.2) is 0 Å². The van der Waals surface area contributed by atoms with Crippen LogP contribution in [0.5, 0.6) is 0 Å². The summed E-state index contributed by atoms with van der Waals surface area (Å²) >= 11 is 6.35. The van der Waals surface area contributed by atoms with Crippen LogP contribution in [0.4, 0.5) is 5.69 Å². The van der Waals surface area contributed by atoms with Crippen LogP contribution in [0.1, 0.15) is 18.4 Å². The van der Waals surface area contributed by atoms with E-state index in [4.69, 9.17) is 23.1 Å². The normalized spacial score (nSPS) is 16.8. The van der Waals surface area contributed by atoms with Crippen molar-refractivity contribution in [3.8, 4) is 0 Å². The van der Waals surface area contributed by atoms with Gasteiger partial charge in [-0.2, -0.15) is 0 Å². The molecule has 1 amide bonds. The van der Waals surface area contributed by atoms with Crippen LogP contribution in [0.25, 0.3) is 6.08 Å². The molecule has 3 N–H and O–H groups in total. The molecule has 2 rings (SSSR count). The van der Waals surface area contributed by atoms with Gasteiger partial charge < -0.3 is 10.8 Å². The number of rotatable bonds is 5. The third-order valence-corrected chi connectivity index (χ3v) is 4.20. The van der Waals surface area contributed by atoms with Crippen molar-refractivity contribution in [3.63, 3.8) is 0 Å². The Bertz CT molecular complexity index is 631. The van der Waals surface area contributed by atoms with E-state index in [1.54, 1.807) is 18.3 Å². The number of anilines is 1. The van der Waals surface area contributed by atoms with Crippen molar-refractivity contribution >= 4 is 51.9 Å². The van der Waals surface area contributed by atoms with Gasteiger partial charge >= 0.3 is 5.97 Å². The lowest BCUT2D eigenvalue weighted by Gasteiger charge is -2.13. The van der Waals surface area contributed by atoms with Gasteiger partial charge in [0.25, 0.3) is 5.91 Å². The van der Waals surface area contributed by atoms with E-state index in [1.807, 2.05) is 0 Å². The van der Waals surface area contributed by atoms with Crippen LogP contribution in [0.3, 0.4) is 0 Å². The first-order chi connectivity index (χ1) is 9.99. The second kappa shape index (κ2) is 6.68. The lowest BCUT2D eigenvalue weighted by Crippen LogP contribution is -2.29. The van der Waals surface area contributed by atoms with Crippen molar-refractivity contribution in [2.24, 2.45) is 0 Å². The maximum absolute atomic E-state index is 12.3. The summed E-state index contributed by atoms with van der Waals surface area (Å²) in [5.74, 6) is -1.10. The van der Waals surface area contributed by atoms with Crippen molar-refractivity contribution in [3.05, 3.63) is 28.9 Å². The predicted octanol–water partition coefficient (Wildman–Crippen LogP) is 1.73. The summed E-state index contributed by atoms with van der Waals surface area (Å²) in [5.41, 5.74) is 6.97. The number of thiocarbonyl (C=S) groups is 1. The summed E-state index contributed by atoms with van der Waals surface area (Å²) < 4.78 is 0.435. The fourth-order valence-corrected chi connectivity index (χ4v) is 3.07. The van der Waals surface area contributed by atoms with Crippen LogP contribution in [-0.4, -0.2) is 37.7 Å². The molecule has 0 atom stereocenters. The highest BCUT2D eigenvalue weighted by Crippen LogP contribution is 2.33. The summed E-state index contributed by atoms with van der Waals surface area (Å²) in [6.45, 7) is 0.306. The monoisotopic (exact) mass is 323 g/mol. The Morgan fingerprint density at radius 1 is 1.57 bits per heavy atom. The van der Waals surface area contributed by atoms with Gasteiger partial charge in [0.2, 0.25) is 0 Å². The number of aromatic nitrogens is 1. The molecule has 1 aromatic heterocycles. The van der Waals surface area contributed by atoms with Gasteiger partial charge in [0.1, 0.15) is 4.32 Å². The number of nitrogens with two attached hydrogens (primary N) is 1. The second-order valence-electron chi connectivity index (χ2n) is 4.34. The summed E-state index contributed by atoms with van der Waals surface area (Å²) in [7, 11) is 0. The summed E-state index contributed by atoms with van der Waals surface area (Å²) in [6, 6.07) is 1.71. The van der Waals surface area contributed by atoms with E-state index in [0.29, 0.717) is 33.4 Å². The number of carboxylic acids is 1. The molecule has 0 aliphatic carbocycles. The quantitative estimate of drug-likeness (QED) is 0.629. The summed E-state index contributed by atoms with van der Waals surface area (Å²) in [4.78, 5) is 28.5. The SMILES string of the molecule is Nc1cnccc1/C=C1\SC(=S)N(CCCC(=O)O)C1=O. The highest BCUT2D eigenvalue weighted by molar-refractivity contribution is 8.26. The van der Waals surface area contributed by atoms with E-state index in [0.717, 1.165) is 0 Å². The standard InChI is InChI=1S/C13H13N3O3S2/c14-9-7-15-4-3-8(9)6-10-12(19)16(13(20)21-10)5-1-2-11(17)18/h3-4,6-7H,1-2,5,14H2,(H,17,18)/b10-6-.